The Balaban J connectivity index is 0.000000316. The molecule has 11 nitrogen and oxygen atoms in total. The van der Waals surface area contributed by atoms with E-state index >= 15 is 0 Å². The Morgan fingerprint density at radius 1 is 0.463 bits per heavy atom. The van der Waals surface area contributed by atoms with Crippen LogP contribution in [0.2, 0.25) is 0 Å². The van der Waals surface area contributed by atoms with Crippen molar-refractivity contribution in [2.24, 2.45) is 11.8 Å². The Labute approximate surface area is 337 Å². The van der Waals surface area contributed by atoms with Crippen molar-refractivity contribution in [1.29, 1.82) is 0 Å². The highest BCUT2D eigenvalue weighted by Gasteiger charge is 2.12. The zero-order valence-electron chi connectivity index (χ0n) is 38.2. The number of hydrogen-bond donors (Lipinski definition) is 2. The van der Waals surface area contributed by atoms with Gasteiger partial charge in [0.05, 0.1) is 13.2 Å². The van der Waals surface area contributed by atoms with Gasteiger partial charge in [-0.2, -0.15) is 0 Å². The van der Waals surface area contributed by atoms with Crippen molar-refractivity contribution in [3.8, 4) is 0 Å². The highest BCUT2D eigenvalue weighted by atomic mass is 16.5. The molecule has 2 atom stereocenters. The number of nitrogens with one attached hydrogen (secondary N) is 2. The van der Waals surface area contributed by atoms with Crippen LogP contribution in [0.5, 0.6) is 0 Å². The highest BCUT2D eigenvalue weighted by molar-refractivity contribution is 4.72. The lowest BCUT2D eigenvalue weighted by Crippen LogP contribution is -2.47. The first kappa shape index (κ1) is 51.6. The minimum absolute atomic E-state index is 0.689. The van der Waals surface area contributed by atoms with Crippen molar-refractivity contribution in [3.05, 3.63) is 0 Å². The first-order chi connectivity index (χ1) is 25.9. The van der Waals surface area contributed by atoms with Crippen molar-refractivity contribution in [2.45, 2.75) is 78.7 Å². The first-order valence-corrected chi connectivity index (χ1v) is 22.4. The predicted molar refractivity (Wildman–Crippen MR) is 236 cm³/mol. The first-order valence-electron chi connectivity index (χ1n) is 22.4. The van der Waals surface area contributed by atoms with E-state index in [0.717, 1.165) is 44.7 Å². The van der Waals surface area contributed by atoms with Gasteiger partial charge in [0.25, 0.3) is 0 Å². The van der Waals surface area contributed by atoms with E-state index in [0.29, 0.717) is 6.04 Å². The van der Waals surface area contributed by atoms with Crippen LogP contribution in [0.15, 0.2) is 0 Å². The maximum atomic E-state index is 5.10. The lowest BCUT2D eigenvalue weighted by Gasteiger charge is -2.31. The lowest BCUT2D eigenvalue weighted by molar-refractivity contribution is 0.0503. The van der Waals surface area contributed by atoms with Gasteiger partial charge in [0.15, 0.2) is 0 Å². The van der Waals surface area contributed by atoms with Gasteiger partial charge in [-0.25, -0.2) is 0 Å². The molecule has 324 valence electrons. The normalized spacial score (nSPS) is 27.6. The summed E-state index contributed by atoms with van der Waals surface area (Å²) in [5, 5.41) is 6.71. The maximum Gasteiger partial charge on any atom is 0.0594 e. The molecule has 0 radical (unpaired) electrons. The van der Waals surface area contributed by atoms with Crippen molar-refractivity contribution in [1.82, 2.24) is 49.8 Å². The molecular formula is C43H96N10O. The second kappa shape index (κ2) is 33.5. The van der Waals surface area contributed by atoms with Crippen LogP contribution in [0, 0.1) is 11.8 Å². The summed E-state index contributed by atoms with van der Waals surface area (Å²) in [5.74, 6) is 1.90. The zero-order valence-corrected chi connectivity index (χ0v) is 38.2. The summed E-state index contributed by atoms with van der Waals surface area (Å²) in [4.78, 5) is 19.0. The minimum atomic E-state index is 0.689. The summed E-state index contributed by atoms with van der Waals surface area (Å²) in [7, 11) is 15.2. The molecule has 0 aromatic heterocycles. The van der Waals surface area contributed by atoms with E-state index < -0.39 is 0 Å². The largest absolute Gasteiger partial charge is 0.379 e. The standard InChI is InChI=1S/C7H16N2.C7H15N.2C6H14N2.2C6H13N.C5H11NO/c1-3-9-6-4-8(2)5-7-9;2*1-7-3-5-8(2)6-4-7;1-6-5-8(2)4-3-7-6;1-6-3-2-4-7-5-6;1-7-5-3-2-4-6-7;1-6-2-4-7-5-3-6/h3-7H2,1-2H3;7H,3-6H2,1-2H3;3-6H2,1-2H3;6-7H,3-5H2,1-2H3;6-7H,2-5H2,1H3;2-6H2,1H3;2-5H2,1H3/t;;;;6-;;/m....1../s1. The van der Waals surface area contributed by atoms with Gasteiger partial charge in [0, 0.05) is 91.1 Å². The van der Waals surface area contributed by atoms with Gasteiger partial charge >= 0.3 is 0 Å². The summed E-state index contributed by atoms with van der Waals surface area (Å²) in [6, 6.07) is 0.689. The molecule has 2 N–H and O–H groups in total. The lowest BCUT2D eigenvalue weighted by atomic mass is 10.00. The highest BCUT2D eigenvalue weighted by Crippen LogP contribution is 2.13. The van der Waals surface area contributed by atoms with E-state index in [9.17, 15) is 0 Å². The van der Waals surface area contributed by atoms with E-state index in [1.54, 1.807) is 0 Å². The molecule has 0 aromatic rings. The number of morpholine rings is 1. The van der Waals surface area contributed by atoms with E-state index in [-0.39, 0.29) is 0 Å². The van der Waals surface area contributed by atoms with Crippen LogP contribution in [0.1, 0.15) is 72.6 Å². The fraction of sp³-hybridized carbons (Fsp3) is 1.00. The van der Waals surface area contributed by atoms with Crippen LogP contribution >= 0.6 is 0 Å². The summed E-state index contributed by atoms with van der Waals surface area (Å²) in [6.45, 7) is 35.5. The number of rotatable bonds is 1. The average molecular weight is 769 g/mol. The molecule has 7 rings (SSSR count). The van der Waals surface area contributed by atoms with E-state index in [1.165, 1.54) is 156 Å². The monoisotopic (exact) mass is 769 g/mol. The molecule has 0 aromatic carbocycles. The van der Waals surface area contributed by atoms with Crippen LogP contribution in [-0.2, 0) is 4.74 Å². The second-order valence-electron chi connectivity index (χ2n) is 17.7. The smallest absolute Gasteiger partial charge is 0.0594 e. The van der Waals surface area contributed by atoms with Crippen LogP contribution in [0.25, 0.3) is 0 Å². The zero-order chi connectivity index (χ0) is 40.0. The SMILES string of the molecule is CC1CCN(C)CC1.CC1CN(C)CCN1.CCN1CCN(C)CC1.CN1CCCCC1.CN1CCN(C)CC1.CN1CCOCC1.C[C@@H]1CCCNC1. The van der Waals surface area contributed by atoms with Crippen molar-refractivity contribution < 1.29 is 4.74 Å². The Morgan fingerprint density at radius 2 is 0.944 bits per heavy atom. The van der Waals surface area contributed by atoms with E-state index in [2.05, 4.69) is 127 Å². The average Bonchev–Trinajstić information content (AvgIpc) is 3.17. The molecule has 0 saturated carbocycles. The predicted octanol–water partition coefficient (Wildman–Crippen LogP) is 3.43. The molecule has 1 unspecified atom stereocenters. The third-order valence-corrected chi connectivity index (χ3v) is 11.7. The molecular weight excluding hydrogens is 673 g/mol. The van der Waals surface area contributed by atoms with Crippen molar-refractivity contribution in [3.63, 3.8) is 0 Å². The summed E-state index contributed by atoms with van der Waals surface area (Å²) in [6.07, 6.45) is 9.87. The molecule has 0 bridgehead atoms. The molecule has 11 heteroatoms. The van der Waals surface area contributed by atoms with Crippen LogP contribution < -0.4 is 10.6 Å². The number of piperidine rings is 3. The van der Waals surface area contributed by atoms with Gasteiger partial charge in [-0.05, 0) is 152 Å². The topological polar surface area (TPSA) is 59.2 Å². The number of piperazine rings is 3. The molecule has 0 amide bonds. The fourth-order valence-corrected chi connectivity index (χ4v) is 7.07. The number of hydrogen-bond acceptors (Lipinski definition) is 11. The third kappa shape index (κ3) is 30.7. The minimum Gasteiger partial charge on any atom is -0.379 e. The van der Waals surface area contributed by atoms with Gasteiger partial charge in [0.2, 0.25) is 0 Å². The van der Waals surface area contributed by atoms with Gasteiger partial charge < -0.3 is 54.6 Å². The maximum absolute atomic E-state index is 5.10. The van der Waals surface area contributed by atoms with Crippen LogP contribution in [0.4, 0.5) is 0 Å². The van der Waals surface area contributed by atoms with Crippen molar-refractivity contribution >= 4 is 0 Å². The summed E-state index contributed by atoms with van der Waals surface area (Å²) >= 11 is 0. The molecule has 7 fully saturated rings. The van der Waals surface area contributed by atoms with Gasteiger partial charge in [-0.15, -0.1) is 0 Å². The Bertz CT molecular complexity index is 699. The number of nitrogens with zero attached hydrogens (tertiary/aromatic N) is 8. The Kier molecular flexibility index (Phi) is 32.0. The van der Waals surface area contributed by atoms with Gasteiger partial charge in [-0.1, -0.05) is 27.2 Å². The molecule has 7 saturated heterocycles. The quantitative estimate of drug-likeness (QED) is 0.413. The van der Waals surface area contributed by atoms with Gasteiger partial charge in [0.1, 0.15) is 0 Å². The number of likely N-dealkylation sites (tertiary alicyclic amines) is 2. The van der Waals surface area contributed by atoms with Gasteiger partial charge in [-0.3, -0.25) is 0 Å². The van der Waals surface area contributed by atoms with Crippen molar-refractivity contribution in [2.75, 3.05) is 193 Å². The molecule has 7 heterocycles. The fourth-order valence-electron chi connectivity index (χ4n) is 7.07. The third-order valence-electron chi connectivity index (χ3n) is 11.7. The summed E-state index contributed by atoms with van der Waals surface area (Å²) in [5.41, 5.74) is 0. The number of ether oxygens (including phenoxy) is 1. The Hall–Kier alpha value is -0.440. The second-order valence-corrected chi connectivity index (χ2v) is 17.7. The summed E-state index contributed by atoms with van der Waals surface area (Å²) < 4.78 is 5.10. The number of likely N-dealkylation sites (N-methyl/N-ethyl adjacent to an activating group) is 6. The van der Waals surface area contributed by atoms with E-state index in [1.807, 2.05) is 0 Å². The van der Waals surface area contributed by atoms with E-state index in [4.69, 9.17) is 4.74 Å². The van der Waals surface area contributed by atoms with Crippen LogP contribution in [-0.4, -0.2) is 239 Å². The molecule has 54 heavy (non-hydrogen) atoms. The molecule has 0 spiro atoms. The molecule has 7 aliphatic rings. The van der Waals surface area contributed by atoms with Crippen LogP contribution in [0.3, 0.4) is 0 Å². The molecule has 7 aliphatic heterocycles. The molecule has 0 aliphatic carbocycles. The Morgan fingerprint density at radius 3 is 1.26 bits per heavy atom.